The Labute approximate surface area is 161 Å². The van der Waals surface area contributed by atoms with E-state index >= 15 is 0 Å². The van der Waals surface area contributed by atoms with E-state index in [2.05, 4.69) is 10.6 Å². The van der Waals surface area contributed by atoms with Crippen LogP contribution in [0.15, 0.2) is 24.3 Å². The van der Waals surface area contributed by atoms with Gasteiger partial charge in [-0.3, -0.25) is 0 Å². The highest BCUT2D eigenvalue weighted by Gasteiger charge is 2.30. The van der Waals surface area contributed by atoms with Crippen LogP contribution in [-0.2, 0) is 14.8 Å². The molecule has 1 aromatic carbocycles. The first-order valence-corrected chi connectivity index (χ1v) is 10.7. The number of benzene rings is 1. The van der Waals surface area contributed by atoms with E-state index in [-0.39, 0.29) is 24.5 Å². The lowest BCUT2D eigenvalue weighted by molar-refractivity contribution is -0.0440. The van der Waals surface area contributed by atoms with Crippen molar-refractivity contribution in [2.24, 2.45) is 0 Å². The largest absolute Gasteiger partial charge is 0.492 e. The second-order valence-corrected chi connectivity index (χ2v) is 8.83. The first-order valence-electron chi connectivity index (χ1n) is 9.11. The normalized spacial score (nSPS) is 20.9. The summed E-state index contributed by atoms with van der Waals surface area (Å²) in [6.07, 6.45) is -0.263. The number of carbonyl (C=O) groups is 1. The molecule has 0 unspecified atom stereocenters. The summed E-state index contributed by atoms with van der Waals surface area (Å²) in [7, 11) is -3.42. The number of nitrogens with one attached hydrogen (secondary N) is 2. The molecule has 2 rings (SSSR count). The smallest absolute Gasteiger partial charge is 0.314 e. The number of nitrogens with zero attached hydrogens (tertiary/aromatic N) is 1. The van der Waals surface area contributed by atoms with E-state index < -0.39 is 16.1 Å². The molecular formula is C18H29N3O5S. The molecule has 2 N–H and O–H groups in total. The maximum Gasteiger partial charge on any atom is 0.314 e. The molecule has 1 heterocycles. The number of urea groups is 1. The summed E-state index contributed by atoms with van der Waals surface area (Å²) < 4.78 is 37.3. The Bertz CT molecular complexity index is 715. The molecule has 2 amide bonds. The SMILES string of the molecule is Cc1cccc(OCCNC(=O)NCCS(=O)(=O)N2C[C@@H](C)O[C@H](C)C2)c1. The third-order valence-corrected chi connectivity index (χ3v) is 5.88. The van der Waals surface area contributed by atoms with E-state index in [1.54, 1.807) is 0 Å². The third kappa shape index (κ3) is 7.36. The lowest BCUT2D eigenvalue weighted by Crippen LogP contribution is -2.50. The van der Waals surface area contributed by atoms with Gasteiger partial charge in [0.1, 0.15) is 12.4 Å². The fourth-order valence-corrected chi connectivity index (χ4v) is 4.37. The Balaban J connectivity index is 1.63. The molecular weight excluding hydrogens is 370 g/mol. The van der Waals surface area contributed by atoms with Gasteiger partial charge >= 0.3 is 6.03 Å². The Hall–Kier alpha value is -1.84. The fourth-order valence-electron chi connectivity index (χ4n) is 2.88. The van der Waals surface area contributed by atoms with Crippen LogP contribution in [0.2, 0.25) is 0 Å². The van der Waals surface area contributed by atoms with Crippen molar-refractivity contribution >= 4 is 16.1 Å². The van der Waals surface area contributed by atoms with Gasteiger partial charge in [-0.15, -0.1) is 0 Å². The molecule has 0 aromatic heterocycles. The zero-order valence-electron chi connectivity index (χ0n) is 16.1. The quantitative estimate of drug-likeness (QED) is 0.639. The van der Waals surface area contributed by atoms with Crippen LogP contribution in [0.3, 0.4) is 0 Å². The van der Waals surface area contributed by atoms with Crippen LogP contribution in [0, 0.1) is 6.92 Å². The molecule has 0 aliphatic carbocycles. The van der Waals surface area contributed by atoms with Crippen LogP contribution in [0.4, 0.5) is 4.79 Å². The number of hydrogen-bond donors (Lipinski definition) is 2. The van der Waals surface area contributed by atoms with Gasteiger partial charge in [-0.05, 0) is 38.5 Å². The average molecular weight is 400 g/mol. The molecule has 27 heavy (non-hydrogen) atoms. The number of rotatable bonds is 8. The number of hydrogen-bond acceptors (Lipinski definition) is 5. The van der Waals surface area contributed by atoms with Crippen molar-refractivity contribution in [2.45, 2.75) is 33.0 Å². The first-order chi connectivity index (χ1) is 12.8. The summed E-state index contributed by atoms with van der Waals surface area (Å²) in [5.41, 5.74) is 1.10. The number of carbonyl (C=O) groups excluding carboxylic acids is 1. The number of ether oxygens (including phenoxy) is 2. The van der Waals surface area contributed by atoms with E-state index in [4.69, 9.17) is 9.47 Å². The summed E-state index contributed by atoms with van der Waals surface area (Å²) in [5.74, 6) is 0.608. The predicted molar refractivity (Wildman–Crippen MR) is 103 cm³/mol. The molecule has 1 aromatic rings. The monoisotopic (exact) mass is 399 g/mol. The Morgan fingerprint density at radius 1 is 1.22 bits per heavy atom. The van der Waals surface area contributed by atoms with E-state index in [9.17, 15) is 13.2 Å². The van der Waals surface area contributed by atoms with Gasteiger partial charge in [0.2, 0.25) is 10.0 Å². The lowest BCUT2D eigenvalue weighted by atomic mass is 10.2. The Morgan fingerprint density at radius 3 is 2.56 bits per heavy atom. The van der Waals surface area contributed by atoms with Crippen LogP contribution in [0.5, 0.6) is 5.75 Å². The maximum absolute atomic E-state index is 12.4. The molecule has 0 spiro atoms. The average Bonchev–Trinajstić information content (AvgIpc) is 2.58. The van der Waals surface area contributed by atoms with Gasteiger partial charge in [0.05, 0.1) is 24.5 Å². The summed E-state index contributed by atoms with van der Waals surface area (Å²) in [4.78, 5) is 11.8. The second kappa shape index (κ2) is 9.91. The van der Waals surface area contributed by atoms with E-state index in [1.807, 2.05) is 45.0 Å². The minimum Gasteiger partial charge on any atom is -0.492 e. The van der Waals surface area contributed by atoms with Gasteiger partial charge in [-0.25, -0.2) is 13.2 Å². The van der Waals surface area contributed by atoms with Gasteiger partial charge in [0.15, 0.2) is 0 Å². The molecule has 2 atom stereocenters. The van der Waals surface area contributed by atoms with Crippen molar-refractivity contribution in [1.82, 2.24) is 14.9 Å². The summed E-state index contributed by atoms with van der Waals surface area (Å²) in [6, 6.07) is 7.23. The molecule has 1 saturated heterocycles. The Morgan fingerprint density at radius 2 is 1.89 bits per heavy atom. The number of morpholine rings is 1. The standard InChI is InChI=1S/C18H29N3O5S/c1-14-5-4-6-17(11-14)25-9-7-19-18(22)20-8-10-27(23,24)21-12-15(2)26-16(3)13-21/h4-6,11,15-16H,7-10,12-13H2,1-3H3,(H2,19,20,22)/t15-,16-/m1/s1. The molecule has 1 aliphatic heterocycles. The maximum atomic E-state index is 12.4. The fraction of sp³-hybridized carbons (Fsp3) is 0.611. The number of aryl methyl sites for hydroxylation is 1. The van der Waals surface area contributed by atoms with Crippen molar-refractivity contribution in [3.63, 3.8) is 0 Å². The zero-order chi connectivity index (χ0) is 19.9. The van der Waals surface area contributed by atoms with Crippen LogP contribution < -0.4 is 15.4 Å². The van der Waals surface area contributed by atoms with Gasteiger partial charge in [-0.2, -0.15) is 4.31 Å². The van der Waals surface area contributed by atoms with E-state index in [1.165, 1.54) is 4.31 Å². The van der Waals surface area contributed by atoms with Crippen LogP contribution >= 0.6 is 0 Å². The third-order valence-electron chi connectivity index (χ3n) is 4.07. The Kier molecular flexibility index (Phi) is 7.88. The first kappa shape index (κ1) is 21.5. The summed E-state index contributed by atoms with van der Waals surface area (Å²) in [6.45, 7) is 7.07. The molecule has 1 aliphatic rings. The van der Waals surface area contributed by atoms with Gasteiger partial charge < -0.3 is 20.1 Å². The van der Waals surface area contributed by atoms with E-state index in [0.29, 0.717) is 26.2 Å². The molecule has 9 heteroatoms. The van der Waals surface area contributed by atoms with E-state index in [0.717, 1.165) is 11.3 Å². The minimum absolute atomic E-state index is 0.0486. The summed E-state index contributed by atoms with van der Waals surface area (Å²) in [5, 5.41) is 5.21. The van der Waals surface area contributed by atoms with Crippen LogP contribution in [-0.4, -0.2) is 69.5 Å². The highest BCUT2D eigenvalue weighted by Crippen LogP contribution is 2.14. The van der Waals surface area contributed by atoms with Crippen molar-refractivity contribution in [3.05, 3.63) is 29.8 Å². The summed E-state index contributed by atoms with van der Waals surface area (Å²) >= 11 is 0. The topological polar surface area (TPSA) is 97.0 Å². The minimum atomic E-state index is -3.42. The second-order valence-electron chi connectivity index (χ2n) is 6.74. The van der Waals surface area contributed by atoms with Crippen molar-refractivity contribution in [2.75, 3.05) is 38.5 Å². The van der Waals surface area contributed by atoms with Gasteiger partial charge in [0, 0.05) is 19.6 Å². The molecule has 0 radical (unpaired) electrons. The van der Waals surface area contributed by atoms with Crippen molar-refractivity contribution in [3.8, 4) is 5.75 Å². The van der Waals surface area contributed by atoms with Crippen LogP contribution in [0.1, 0.15) is 19.4 Å². The van der Waals surface area contributed by atoms with Gasteiger partial charge in [-0.1, -0.05) is 12.1 Å². The van der Waals surface area contributed by atoms with Crippen LogP contribution in [0.25, 0.3) is 0 Å². The molecule has 152 valence electrons. The molecule has 1 fully saturated rings. The predicted octanol–water partition coefficient (Wildman–Crippen LogP) is 1.11. The van der Waals surface area contributed by atoms with Crippen molar-refractivity contribution in [1.29, 1.82) is 0 Å². The van der Waals surface area contributed by atoms with Gasteiger partial charge in [0.25, 0.3) is 0 Å². The zero-order valence-corrected chi connectivity index (χ0v) is 16.9. The molecule has 0 bridgehead atoms. The number of sulfonamides is 1. The molecule has 0 saturated carbocycles. The molecule has 8 nitrogen and oxygen atoms in total. The van der Waals surface area contributed by atoms with Crippen molar-refractivity contribution < 1.29 is 22.7 Å². The highest BCUT2D eigenvalue weighted by molar-refractivity contribution is 7.89. The highest BCUT2D eigenvalue weighted by atomic mass is 32.2. The lowest BCUT2D eigenvalue weighted by Gasteiger charge is -2.34. The number of amides is 2.